The molecule has 3 aliphatic heterocycles. The number of hydrogen-bond acceptors (Lipinski definition) is 5. The number of amides is 1. The summed E-state index contributed by atoms with van der Waals surface area (Å²) < 4.78 is 1.98. The highest BCUT2D eigenvalue weighted by Crippen LogP contribution is 2.37. The Hall–Kier alpha value is -2.64. The molecule has 1 unspecified atom stereocenters. The van der Waals surface area contributed by atoms with Crippen LogP contribution in [0.4, 0.5) is 0 Å². The Morgan fingerprint density at radius 3 is 2.62 bits per heavy atom. The van der Waals surface area contributed by atoms with E-state index in [2.05, 4.69) is 63.1 Å². The van der Waals surface area contributed by atoms with Gasteiger partial charge < -0.3 is 5.32 Å². The van der Waals surface area contributed by atoms with Crippen LogP contribution in [0, 0.1) is 11.8 Å². The molecule has 0 aliphatic carbocycles. The topological polar surface area (TPSA) is 63.1 Å². The number of thioether (sulfide) groups is 1. The molecule has 3 aliphatic rings. The van der Waals surface area contributed by atoms with E-state index in [1.165, 1.54) is 4.90 Å². The summed E-state index contributed by atoms with van der Waals surface area (Å²) >= 11 is 1.78. The number of carbonyl (C=O) groups excluding carboxylic acids is 1. The number of carbonyl (C=O) groups is 1. The third kappa shape index (κ3) is 5.05. The predicted octanol–water partition coefficient (Wildman–Crippen LogP) is 3.60. The fourth-order valence-corrected chi connectivity index (χ4v) is 5.72. The molecule has 0 radical (unpaired) electrons. The summed E-state index contributed by atoms with van der Waals surface area (Å²) in [7, 11) is 0. The van der Waals surface area contributed by atoms with Crippen LogP contribution in [0.2, 0.25) is 0 Å². The summed E-state index contributed by atoms with van der Waals surface area (Å²) in [4.78, 5) is 16.6. The van der Waals surface area contributed by atoms with E-state index < -0.39 is 0 Å². The minimum Gasteiger partial charge on any atom is -0.352 e. The van der Waals surface area contributed by atoms with Crippen LogP contribution in [0.1, 0.15) is 24.1 Å². The van der Waals surface area contributed by atoms with Crippen LogP contribution in [-0.4, -0.2) is 44.9 Å². The first-order chi connectivity index (χ1) is 15.7. The number of benzene rings is 2. The molecule has 6 rings (SSSR count). The van der Waals surface area contributed by atoms with Gasteiger partial charge in [-0.2, -0.15) is 0 Å². The summed E-state index contributed by atoms with van der Waals surface area (Å²) in [5.74, 6) is 1.57. The van der Waals surface area contributed by atoms with Crippen molar-refractivity contribution in [3.05, 3.63) is 78.1 Å². The summed E-state index contributed by atoms with van der Waals surface area (Å²) in [5, 5.41) is 11.9. The lowest BCUT2D eigenvalue weighted by atomic mass is 9.75. The van der Waals surface area contributed by atoms with Crippen molar-refractivity contribution in [2.75, 3.05) is 13.1 Å². The van der Waals surface area contributed by atoms with Crippen LogP contribution in [0.3, 0.4) is 0 Å². The smallest absolute Gasteiger partial charge is 0.224 e. The van der Waals surface area contributed by atoms with E-state index in [4.69, 9.17) is 0 Å². The Morgan fingerprint density at radius 2 is 1.88 bits per heavy atom. The van der Waals surface area contributed by atoms with Crippen molar-refractivity contribution in [2.24, 2.45) is 11.8 Å². The van der Waals surface area contributed by atoms with Crippen LogP contribution < -0.4 is 5.32 Å². The lowest BCUT2D eigenvalue weighted by Gasteiger charge is -2.49. The zero-order valence-corrected chi connectivity index (χ0v) is 19.0. The van der Waals surface area contributed by atoms with Crippen molar-refractivity contribution in [2.45, 2.75) is 42.6 Å². The molecule has 1 aromatic heterocycles. The van der Waals surface area contributed by atoms with Gasteiger partial charge in [0, 0.05) is 36.0 Å². The molecule has 32 heavy (non-hydrogen) atoms. The monoisotopic (exact) mass is 447 g/mol. The molecule has 0 spiro atoms. The standard InChI is InChI=1S/C25H29N5OS/c31-25(26-14-19-7-3-1-4-8-19)24-17-29-12-11-20(24)13-22(29)16-30-15-21(27-28-30)18-32-23-9-5-2-6-10-23/h1-10,15,20,22,24H,11-14,16-18H2,(H,26,31)/t20-,22-,24+/m1/s1. The van der Waals surface area contributed by atoms with E-state index >= 15 is 0 Å². The zero-order valence-electron chi connectivity index (χ0n) is 18.1. The number of aromatic nitrogens is 3. The first kappa shape index (κ1) is 21.2. The largest absolute Gasteiger partial charge is 0.352 e. The molecular weight excluding hydrogens is 418 g/mol. The van der Waals surface area contributed by atoms with E-state index in [1.54, 1.807) is 11.8 Å². The molecule has 1 N–H and O–H groups in total. The van der Waals surface area contributed by atoms with Crippen LogP contribution in [-0.2, 0) is 23.6 Å². The Balaban J connectivity index is 1.12. The van der Waals surface area contributed by atoms with E-state index in [0.717, 1.165) is 49.5 Å². The molecule has 2 bridgehead atoms. The van der Waals surface area contributed by atoms with Crippen LogP contribution in [0.25, 0.3) is 0 Å². The van der Waals surface area contributed by atoms with Crippen LogP contribution in [0.5, 0.6) is 0 Å². The quantitative estimate of drug-likeness (QED) is 0.535. The molecule has 4 atom stereocenters. The zero-order chi connectivity index (χ0) is 21.8. The Kier molecular flexibility index (Phi) is 6.55. The molecule has 166 valence electrons. The molecule has 1 amide bonds. The number of fused-ring (bicyclic) bond motifs is 3. The second-order valence-corrected chi connectivity index (χ2v) is 9.83. The third-order valence-electron chi connectivity index (χ3n) is 6.64. The number of nitrogens with one attached hydrogen (secondary N) is 1. The Morgan fingerprint density at radius 1 is 1.09 bits per heavy atom. The number of piperidine rings is 3. The number of nitrogens with zero attached hydrogens (tertiary/aromatic N) is 4. The van der Waals surface area contributed by atoms with E-state index in [-0.39, 0.29) is 11.8 Å². The van der Waals surface area contributed by atoms with Gasteiger partial charge in [0.25, 0.3) is 0 Å². The minimum atomic E-state index is 0.0947. The summed E-state index contributed by atoms with van der Waals surface area (Å²) in [5.41, 5.74) is 2.15. The molecular formula is C25H29N5OS. The van der Waals surface area contributed by atoms with Gasteiger partial charge in [-0.15, -0.1) is 16.9 Å². The van der Waals surface area contributed by atoms with Gasteiger partial charge >= 0.3 is 0 Å². The maximum Gasteiger partial charge on any atom is 0.224 e. The molecule has 2 aromatic carbocycles. The molecule has 0 saturated carbocycles. The van der Waals surface area contributed by atoms with Gasteiger partial charge in [-0.05, 0) is 43.0 Å². The third-order valence-corrected chi connectivity index (χ3v) is 7.68. The van der Waals surface area contributed by atoms with Crippen LogP contribution in [0.15, 0.2) is 71.8 Å². The summed E-state index contributed by atoms with van der Waals surface area (Å²) in [6, 6.07) is 20.9. The van der Waals surface area contributed by atoms with Gasteiger partial charge in [0.2, 0.25) is 5.91 Å². The highest BCUT2D eigenvalue weighted by molar-refractivity contribution is 7.98. The molecule has 7 heteroatoms. The van der Waals surface area contributed by atoms with Crippen molar-refractivity contribution in [1.82, 2.24) is 25.2 Å². The maximum absolute atomic E-state index is 12.9. The molecule has 4 heterocycles. The maximum atomic E-state index is 12.9. The molecule has 6 nitrogen and oxygen atoms in total. The van der Waals surface area contributed by atoms with Crippen molar-refractivity contribution >= 4 is 17.7 Å². The Bertz CT molecular complexity index is 1030. The second kappa shape index (κ2) is 9.88. The van der Waals surface area contributed by atoms with Gasteiger partial charge in [0.05, 0.1) is 18.2 Å². The average molecular weight is 448 g/mol. The van der Waals surface area contributed by atoms with Gasteiger partial charge in [0.1, 0.15) is 0 Å². The Labute approximate surface area is 193 Å². The summed E-state index contributed by atoms with van der Waals surface area (Å²) in [6.07, 6.45) is 4.23. The van der Waals surface area contributed by atoms with Crippen molar-refractivity contribution in [3.63, 3.8) is 0 Å². The van der Waals surface area contributed by atoms with Gasteiger partial charge in [-0.25, -0.2) is 0 Å². The predicted molar refractivity (Wildman–Crippen MR) is 126 cm³/mol. The average Bonchev–Trinajstić information content (AvgIpc) is 3.30. The van der Waals surface area contributed by atoms with Crippen molar-refractivity contribution in [3.8, 4) is 0 Å². The van der Waals surface area contributed by atoms with E-state index in [0.29, 0.717) is 18.5 Å². The van der Waals surface area contributed by atoms with Crippen molar-refractivity contribution in [1.29, 1.82) is 0 Å². The minimum absolute atomic E-state index is 0.0947. The SMILES string of the molecule is O=C(NCc1ccccc1)[C@H]1CN2CC[C@@H]1C[C@@H]2Cn1cc(CSc2ccccc2)nn1. The van der Waals surface area contributed by atoms with Crippen molar-refractivity contribution < 1.29 is 4.79 Å². The molecule has 3 fully saturated rings. The fourth-order valence-electron chi connectivity index (χ4n) is 4.93. The fraction of sp³-hybridized carbons (Fsp3) is 0.400. The number of hydrogen-bond donors (Lipinski definition) is 1. The van der Waals surface area contributed by atoms with Gasteiger partial charge in [-0.3, -0.25) is 14.4 Å². The first-order valence-corrected chi connectivity index (χ1v) is 12.4. The van der Waals surface area contributed by atoms with Gasteiger partial charge in [-0.1, -0.05) is 53.7 Å². The second-order valence-electron chi connectivity index (χ2n) is 8.78. The normalized spacial score (nSPS) is 24.4. The highest BCUT2D eigenvalue weighted by atomic mass is 32.2. The van der Waals surface area contributed by atoms with Crippen LogP contribution >= 0.6 is 11.8 Å². The highest BCUT2D eigenvalue weighted by Gasteiger charge is 2.43. The van der Waals surface area contributed by atoms with E-state index in [1.807, 2.05) is 28.9 Å². The molecule has 3 saturated heterocycles. The lowest BCUT2D eigenvalue weighted by Crippen LogP contribution is -2.58. The van der Waals surface area contributed by atoms with Gasteiger partial charge in [0.15, 0.2) is 0 Å². The summed E-state index contributed by atoms with van der Waals surface area (Å²) in [6.45, 7) is 3.37. The lowest BCUT2D eigenvalue weighted by molar-refractivity contribution is -0.133. The molecule has 3 aromatic rings. The number of rotatable bonds is 8. The first-order valence-electron chi connectivity index (χ1n) is 11.4. The van der Waals surface area contributed by atoms with E-state index in [9.17, 15) is 4.79 Å².